The molecule has 0 aliphatic rings. The summed E-state index contributed by atoms with van der Waals surface area (Å²) < 4.78 is 0. The van der Waals surface area contributed by atoms with Crippen LogP contribution in [0.1, 0.15) is 28.8 Å². The van der Waals surface area contributed by atoms with Crippen LogP contribution in [0.2, 0.25) is 0 Å². The number of unbranched alkanes of at least 4 members (excludes halogenated alkanes) is 1. The minimum atomic E-state index is -0.104. The van der Waals surface area contributed by atoms with Crippen LogP contribution >= 0.6 is 0 Å². The molecule has 0 aliphatic heterocycles. The van der Waals surface area contributed by atoms with E-state index in [0.717, 1.165) is 18.4 Å². The average molecular weight is 312 g/mol. The van der Waals surface area contributed by atoms with Crippen LogP contribution in [0.15, 0.2) is 49.1 Å². The molecule has 0 radical (unpaired) electrons. The highest BCUT2D eigenvalue weighted by Crippen LogP contribution is 1.97. The van der Waals surface area contributed by atoms with Crippen molar-refractivity contribution in [1.29, 1.82) is 0 Å². The largest absolute Gasteiger partial charge is 0.356 e. The van der Waals surface area contributed by atoms with E-state index in [0.29, 0.717) is 25.1 Å². The summed E-state index contributed by atoms with van der Waals surface area (Å²) in [6.45, 7) is 1.18. The van der Waals surface area contributed by atoms with Crippen LogP contribution in [0.25, 0.3) is 0 Å². The highest BCUT2D eigenvalue weighted by Gasteiger charge is 2.04. The van der Waals surface area contributed by atoms with Gasteiger partial charge < -0.3 is 10.6 Å². The Hall–Kier alpha value is -2.76. The maximum Gasteiger partial charge on any atom is 0.251 e. The van der Waals surface area contributed by atoms with E-state index in [4.69, 9.17) is 0 Å². The van der Waals surface area contributed by atoms with Crippen molar-refractivity contribution in [2.24, 2.45) is 0 Å². The molecule has 6 heteroatoms. The lowest BCUT2D eigenvalue weighted by Crippen LogP contribution is -2.28. The molecule has 0 aliphatic carbocycles. The summed E-state index contributed by atoms with van der Waals surface area (Å²) >= 11 is 0. The third kappa shape index (κ3) is 6.25. The van der Waals surface area contributed by atoms with Crippen LogP contribution < -0.4 is 10.6 Å². The Labute approximate surface area is 135 Å². The predicted octanol–water partition coefficient (Wildman–Crippen LogP) is 1.35. The topological polar surface area (TPSA) is 84.0 Å². The van der Waals surface area contributed by atoms with E-state index in [1.807, 2.05) is 12.1 Å². The zero-order chi connectivity index (χ0) is 16.3. The molecular formula is C17H20N4O2. The summed E-state index contributed by atoms with van der Waals surface area (Å²) in [5, 5.41) is 5.70. The first-order valence-electron chi connectivity index (χ1n) is 7.59. The molecule has 0 spiro atoms. The molecule has 0 atom stereocenters. The standard InChI is InChI=1S/C17H20N4O2/c22-16(12-14-4-3-7-19-13-14)20-8-1-2-9-21-17(23)15-5-10-18-11-6-15/h3-7,10-11,13H,1-2,8-9,12H2,(H,20,22)(H,21,23). The van der Waals surface area contributed by atoms with Crippen molar-refractivity contribution in [3.05, 3.63) is 60.2 Å². The summed E-state index contributed by atoms with van der Waals surface area (Å²) in [6.07, 6.45) is 8.52. The normalized spacial score (nSPS) is 10.1. The van der Waals surface area contributed by atoms with Gasteiger partial charge in [-0.1, -0.05) is 6.07 Å². The monoisotopic (exact) mass is 312 g/mol. The first-order chi connectivity index (χ1) is 11.3. The highest BCUT2D eigenvalue weighted by molar-refractivity contribution is 5.93. The van der Waals surface area contributed by atoms with Crippen LogP contribution in [0.4, 0.5) is 0 Å². The summed E-state index contributed by atoms with van der Waals surface area (Å²) in [4.78, 5) is 31.3. The van der Waals surface area contributed by atoms with E-state index >= 15 is 0 Å². The van der Waals surface area contributed by atoms with Gasteiger partial charge in [-0.25, -0.2) is 0 Å². The van der Waals surface area contributed by atoms with Gasteiger partial charge in [-0.3, -0.25) is 19.6 Å². The van der Waals surface area contributed by atoms with E-state index in [1.54, 1.807) is 36.9 Å². The second-order valence-electron chi connectivity index (χ2n) is 5.09. The summed E-state index contributed by atoms with van der Waals surface area (Å²) in [5.41, 5.74) is 1.50. The minimum absolute atomic E-state index is 0.0150. The predicted molar refractivity (Wildman–Crippen MR) is 86.8 cm³/mol. The second kappa shape index (κ2) is 9.30. The Bertz CT molecular complexity index is 617. The van der Waals surface area contributed by atoms with Gasteiger partial charge in [0.2, 0.25) is 5.91 Å². The number of pyridine rings is 2. The molecule has 0 saturated heterocycles. The number of nitrogens with one attached hydrogen (secondary N) is 2. The quantitative estimate of drug-likeness (QED) is 0.721. The lowest BCUT2D eigenvalue weighted by atomic mass is 10.2. The van der Waals surface area contributed by atoms with Crippen molar-refractivity contribution in [2.45, 2.75) is 19.3 Å². The molecule has 2 rings (SSSR count). The van der Waals surface area contributed by atoms with Crippen molar-refractivity contribution < 1.29 is 9.59 Å². The van der Waals surface area contributed by atoms with Crippen LogP contribution in [-0.4, -0.2) is 34.9 Å². The number of carbonyl (C=O) groups is 2. The van der Waals surface area contributed by atoms with Gasteiger partial charge in [-0.05, 0) is 36.6 Å². The maximum atomic E-state index is 11.8. The molecule has 0 saturated carbocycles. The zero-order valence-corrected chi connectivity index (χ0v) is 12.9. The smallest absolute Gasteiger partial charge is 0.251 e. The van der Waals surface area contributed by atoms with Crippen molar-refractivity contribution in [3.63, 3.8) is 0 Å². The van der Waals surface area contributed by atoms with Crippen molar-refractivity contribution in [2.75, 3.05) is 13.1 Å². The third-order valence-corrected chi connectivity index (χ3v) is 3.24. The van der Waals surface area contributed by atoms with E-state index in [9.17, 15) is 9.59 Å². The van der Waals surface area contributed by atoms with E-state index in [2.05, 4.69) is 20.6 Å². The Balaban J connectivity index is 1.54. The van der Waals surface area contributed by atoms with Crippen LogP contribution in [-0.2, 0) is 11.2 Å². The minimum Gasteiger partial charge on any atom is -0.356 e. The van der Waals surface area contributed by atoms with Crippen LogP contribution in [0, 0.1) is 0 Å². The number of amides is 2. The van der Waals surface area contributed by atoms with E-state index in [-0.39, 0.29) is 11.8 Å². The summed E-state index contributed by atoms with van der Waals surface area (Å²) in [7, 11) is 0. The van der Waals surface area contributed by atoms with Crippen molar-refractivity contribution in [1.82, 2.24) is 20.6 Å². The van der Waals surface area contributed by atoms with Crippen LogP contribution in [0.3, 0.4) is 0 Å². The fourth-order valence-corrected chi connectivity index (χ4v) is 2.04. The first kappa shape index (κ1) is 16.6. The van der Waals surface area contributed by atoms with E-state index < -0.39 is 0 Å². The number of hydrogen-bond donors (Lipinski definition) is 2. The SMILES string of the molecule is O=C(Cc1cccnc1)NCCCCNC(=O)c1ccncc1. The number of nitrogens with zero attached hydrogens (tertiary/aromatic N) is 2. The number of hydrogen-bond acceptors (Lipinski definition) is 4. The molecule has 0 fully saturated rings. The Morgan fingerprint density at radius 2 is 1.65 bits per heavy atom. The molecule has 23 heavy (non-hydrogen) atoms. The van der Waals surface area contributed by atoms with Gasteiger partial charge >= 0.3 is 0 Å². The maximum absolute atomic E-state index is 11.8. The van der Waals surface area contributed by atoms with Gasteiger partial charge in [0, 0.05) is 43.4 Å². The molecule has 6 nitrogen and oxygen atoms in total. The molecule has 2 heterocycles. The van der Waals surface area contributed by atoms with Gasteiger partial charge in [-0.2, -0.15) is 0 Å². The first-order valence-corrected chi connectivity index (χ1v) is 7.59. The highest BCUT2D eigenvalue weighted by atomic mass is 16.2. The summed E-state index contributed by atoms with van der Waals surface area (Å²) in [5.74, 6) is -0.119. The van der Waals surface area contributed by atoms with Crippen molar-refractivity contribution in [3.8, 4) is 0 Å². The Morgan fingerprint density at radius 1 is 0.913 bits per heavy atom. The van der Waals surface area contributed by atoms with Gasteiger partial charge in [0.15, 0.2) is 0 Å². The lowest BCUT2D eigenvalue weighted by Gasteiger charge is -2.06. The second-order valence-corrected chi connectivity index (χ2v) is 5.09. The summed E-state index contributed by atoms with van der Waals surface area (Å²) in [6, 6.07) is 7.04. The Kier molecular flexibility index (Phi) is 6.71. The third-order valence-electron chi connectivity index (χ3n) is 3.24. The molecule has 0 unspecified atom stereocenters. The van der Waals surface area contributed by atoms with E-state index in [1.165, 1.54) is 0 Å². The number of aromatic nitrogens is 2. The van der Waals surface area contributed by atoms with Gasteiger partial charge in [-0.15, -0.1) is 0 Å². The molecule has 120 valence electrons. The molecule has 2 aromatic heterocycles. The number of carbonyl (C=O) groups excluding carboxylic acids is 2. The lowest BCUT2D eigenvalue weighted by molar-refractivity contribution is -0.120. The fourth-order valence-electron chi connectivity index (χ4n) is 2.04. The molecule has 0 aromatic carbocycles. The fraction of sp³-hybridized carbons (Fsp3) is 0.294. The van der Waals surface area contributed by atoms with Gasteiger partial charge in [0.25, 0.3) is 5.91 Å². The van der Waals surface area contributed by atoms with Gasteiger partial charge in [0.1, 0.15) is 0 Å². The van der Waals surface area contributed by atoms with Crippen LogP contribution in [0.5, 0.6) is 0 Å². The molecule has 2 N–H and O–H groups in total. The Morgan fingerprint density at radius 3 is 2.35 bits per heavy atom. The molecule has 0 bridgehead atoms. The van der Waals surface area contributed by atoms with Gasteiger partial charge in [0.05, 0.1) is 6.42 Å². The number of rotatable bonds is 8. The average Bonchev–Trinajstić information content (AvgIpc) is 2.59. The van der Waals surface area contributed by atoms with Crippen molar-refractivity contribution >= 4 is 11.8 Å². The molecule has 2 amide bonds. The zero-order valence-electron chi connectivity index (χ0n) is 12.9. The molecule has 2 aromatic rings. The molecular weight excluding hydrogens is 292 g/mol.